The maximum Gasteiger partial charge on any atom is 0.277 e. The second-order valence-electron chi connectivity index (χ2n) is 6.88. The Morgan fingerprint density at radius 2 is 2.03 bits per heavy atom. The van der Waals surface area contributed by atoms with Crippen molar-refractivity contribution < 1.29 is 13.9 Å². The van der Waals surface area contributed by atoms with E-state index in [1.54, 1.807) is 18.2 Å². The summed E-state index contributed by atoms with van der Waals surface area (Å²) in [6.45, 7) is 6.39. The van der Waals surface area contributed by atoms with Gasteiger partial charge in [0.15, 0.2) is 6.61 Å². The number of aryl methyl sites for hydroxylation is 1. The number of ether oxygens (including phenoxy) is 1. The first-order valence-electron chi connectivity index (χ1n) is 9.26. The molecule has 0 aliphatic rings. The Morgan fingerprint density at radius 3 is 2.80 bits per heavy atom. The Bertz CT molecular complexity index is 1040. The van der Waals surface area contributed by atoms with Gasteiger partial charge in [-0.3, -0.25) is 4.79 Å². The van der Waals surface area contributed by atoms with Crippen molar-refractivity contribution in [1.82, 2.24) is 10.2 Å². The normalized spacial score (nSPS) is 11.0. The molecular formula is C21H21Cl2N3O3S. The lowest BCUT2D eigenvalue weighted by atomic mass is 10.0. The van der Waals surface area contributed by atoms with Crippen LogP contribution in [-0.4, -0.2) is 21.9 Å². The minimum absolute atomic E-state index is 0.0840. The molecule has 0 aliphatic heterocycles. The summed E-state index contributed by atoms with van der Waals surface area (Å²) in [6, 6.07) is 11.2. The molecule has 158 valence electrons. The van der Waals surface area contributed by atoms with Gasteiger partial charge >= 0.3 is 0 Å². The fourth-order valence-electron chi connectivity index (χ4n) is 2.65. The smallest absolute Gasteiger partial charge is 0.277 e. The van der Waals surface area contributed by atoms with Crippen LogP contribution in [0.3, 0.4) is 0 Å². The van der Waals surface area contributed by atoms with Crippen molar-refractivity contribution in [2.75, 3.05) is 11.1 Å². The maximum absolute atomic E-state index is 12.2. The van der Waals surface area contributed by atoms with Gasteiger partial charge in [-0.1, -0.05) is 67.0 Å². The van der Waals surface area contributed by atoms with Crippen LogP contribution in [0.2, 0.25) is 10.0 Å². The molecule has 0 bridgehead atoms. The van der Waals surface area contributed by atoms with Crippen molar-refractivity contribution in [1.29, 1.82) is 0 Å². The van der Waals surface area contributed by atoms with Crippen molar-refractivity contribution in [3.63, 3.8) is 0 Å². The molecule has 1 amide bonds. The zero-order valence-electron chi connectivity index (χ0n) is 16.7. The van der Waals surface area contributed by atoms with Crippen LogP contribution in [0.1, 0.15) is 36.8 Å². The van der Waals surface area contributed by atoms with E-state index >= 15 is 0 Å². The molecule has 0 unspecified atom stereocenters. The standard InChI is InChI=1S/C21H21Cl2N3O3S/c1-12(2)14-8-7-13(3)9-17(14)28-10-19-25-26-21(29-19)30-11-18(27)24-16-6-4-5-15(22)20(16)23/h4-9,12H,10-11H2,1-3H3,(H,24,27). The molecule has 0 saturated carbocycles. The number of nitrogens with zero attached hydrogens (tertiary/aromatic N) is 2. The highest BCUT2D eigenvalue weighted by Gasteiger charge is 2.14. The number of thioether (sulfide) groups is 1. The van der Waals surface area contributed by atoms with Crippen molar-refractivity contribution in [3.05, 3.63) is 63.5 Å². The van der Waals surface area contributed by atoms with Crippen LogP contribution in [0, 0.1) is 6.92 Å². The van der Waals surface area contributed by atoms with Gasteiger partial charge < -0.3 is 14.5 Å². The first kappa shape index (κ1) is 22.5. The summed E-state index contributed by atoms with van der Waals surface area (Å²) in [5.41, 5.74) is 2.68. The van der Waals surface area contributed by atoms with E-state index < -0.39 is 0 Å². The van der Waals surface area contributed by atoms with Gasteiger partial charge in [0.1, 0.15) is 5.75 Å². The van der Waals surface area contributed by atoms with Gasteiger partial charge in [0.25, 0.3) is 11.1 Å². The first-order valence-corrected chi connectivity index (χ1v) is 11.0. The van der Waals surface area contributed by atoms with Crippen LogP contribution in [0.4, 0.5) is 5.69 Å². The van der Waals surface area contributed by atoms with Gasteiger partial charge in [-0.2, -0.15) is 0 Å². The third-order valence-corrected chi connectivity index (χ3v) is 5.78. The molecule has 30 heavy (non-hydrogen) atoms. The quantitative estimate of drug-likeness (QED) is 0.403. The summed E-state index contributed by atoms with van der Waals surface area (Å²) in [7, 11) is 0. The molecule has 1 aromatic heterocycles. The van der Waals surface area contributed by atoms with Gasteiger partial charge in [0, 0.05) is 0 Å². The molecule has 3 aromatic rings. The minimum Gasteiger partial charge on any atom is -0.484 e. The highest BCUT2D eigenvalue weighted by atomic mass is 35.5. The fraction of sp³-hybridized carbons (Fsp3) is 0.286. The van der Waals surface area contributed by atoms with Crippen LogP contribution in [0.5, 0.6) is 5.75 Å². The maximum atomic E-state index is 12.2. The number of amides is 1. The minimum atomic E-state index is -0.262. The average molecular weight is 466 g/mol. The summed E-state index contributed by atoms with van der Waals surface area (Å²) >= 11 is 13.2. The van der Waals surface area contributed by atoms with E-state index in [9.17, 15) is 4.79 Å². The number of hydrogen-bond acceptors (Lipinski definition) is 6. The molecule has 6 nitrogen and oxygen atoms in total. The molecule has 2 aromatic carbocycles. The van der Waals surface area contributed by atoms with Gasteiger partial charge in [-0.15, -0.1) is 10.2 Å². The lowest BCUT2D eigenvalue weighted by Gasteiger charge is -2.13. The molecule has 9 heteroatoms. The lowest BCUT2D eigenvalue weighted by molar-refractivity contribution is -0.113. The number of benzene rings is 2. The highest BCUT2D eigenvalue weighted by Crippen LogP contribution is 2.30. The Hall–Kier alpha value is -2.22. The van der Waals surface area contributed by atoms with E-state index in [2.05, 4.69) is 41.5 Å². The van der Waals surface area contributed by atoms with Gasteiger partial charge in [-0.05, 0) is 42.2 Å². The number of aromatic nitrogens is 2. The predicted octanol–water partition coefficient (Wildman–Crippen LogP) is 6.12. The number of rotatable bonds is 8. The van der Waals surface area contributed by atoms with E-state index in [1.807, 2.05) is 13.0 Å². The number of carbonyl (C=O) groups excluding carboxylic acids is 1. The molecule has 1 heterocycles. The first-order chi connectivity index (χ1) is 14.3. The second kappa shape index (κ2) is 10.2. The van der Waals surface area contributed by atoms with Crippen LogP contribution in [0.25, 0.3) is 0 Å². The van der Waals surface area contributed by atoms with E-state index in [-0.39, 0.29) is 23.5 Å². The molecule has 3 rings (SSSR count). The van der Waals surface area contributed by atoms with Crippen molar-refractivity contribution in [2.45, 2.75) is 38.5 Å². The fourth-order valence-corrected chi connectivity index (χ4v) is 3.58. The summed E-state index contributed by atoms with van der Waals surface area (Å²) in [4.78, 5) is 12.2. The SMILES string of the molecule is Cc1ccc(C(C)C)c(OCc2nnc(SCC(=O)Nc3cccc(Cl)c3Cl)o2)c1. The molecular weight excluding hydrogens is 445 g/mol. The van der Waals surface area contributed by atoms with Gasteiger partial charge in [0.2, 0.25) is 5.91 Å². The summed E-state index contributed by atoms with van der Waals surface area (Å²) in [6.07, 6.45) is 0. The van der Waals surface area contributed by atoms with Crippen molar-refractivity contribution in [3.8, 4) is 5.75 Å². The Labute approximate surface area is 189 Å². The molecule has 1 N–H and O–H groups in total. The molecule has 0 aliphatic carbocycles. The molecule has 0 saturated heterocycles. The Balaban J connectivity index is 1.54. The van der Waals surface area contributed by atoms with Crippen molar-refractivity contribution in [2.24, 2.45) is 0 Å². The van der Waals surface area contributed by atoms with E-state index in [1.165, 1.54) is 0 Å². The van der Waals surface area contributed by atoms with Gasteiger partial charge in [-0.25, -0.2) is 0 Å². The molecule has 0 radical (unpaired) electrons. The second-order valence-corrected chi connectivity index (χ2v) is 8.60. The number of hydrogen-bond donors (Lipinski definition) is 1. The van der Waals surface area contributed by atoms with E-state index in [0.717, 1.165) is 28.6 Å². The topological polar surface area (TPSA) is 77.2 Å². The molecule has 0 atom stereocenters. The third kappa shape index (κ3) is 5.90. The average Bonchev–Trinajstić information content (AvgIpc) is 3.16. The third-order valence-electron chi connectivity index (χ3n) is 4.14. The van der Waals surface area contributed by atoms with E-state index in [0.29, 0.717) is 27.5 Å². The van der Waals surface area contributed by atoms with E-state index in [4.69, 9.17) is 32.4 Å². The summed E-state index contributed by atoms with van der Waals surface area (Å²) in [5.74, 6) is 1.30. The van der Waals surface area contributed by atoms with Crippen molar-refractivity contribution >= 4 is 46.6 Å². The zero-order chi connectivity index (χ0) is 21.7. The van der Waals surface area contributed by atoms with Crippen LogP contribution in [0.15, 0.2) is 46.0 Å². The van der Waals surface area contributed by atoms with Crippen LogP contribution in [-0.2, 0) is 11.4 Å². The zero-order valence-corrected chi connectivity index (χ0v) is 19.1. The predicted molar refractivity (Wildman–Crippen MR) is 120 cm³/mol. The summed E-state index contributed by atoms with van der Waals surface area (Å²) < 4.78 is 11.5. The Morgan fingerprint density at radius 1 is 1.23 bits per heavy atom. The lowest BCUT2D eigenvalue weighted by Crippen LogP contribution is -2.14. The molecule has 0 spiro atoms. The molecule has 0 fully saturated rings. The number of carbonyl (C=O) groups is 1. The summed E-state index contributed by atoms with van der Waals surface area (Å²) in [5, 5.41) is 11.6. The Kier molecular flexibility index (Phi) is 7.64. The largest absolute Gasteiger partial charge is 0.484 e. The van der Waals surface area contributed by atoms with Gasteiger partial charge in [0.05, 0.1) is 21.5 Å². The number of halogens is 2. The van der Waals surface area contributed by atoms with Crippen LogP contribution >= 0.6 is 35.0 Å². The highest BCUT2D eigenvalue weighted by molar-refractivity contribution is 7.99. The monoisotopic (exact) mass is 465 g/mol. The van der Waals surface area contributed by atoms with Crippen LogP contribution < -0.4 is 10.1 Å². The number of anilines is 1. The number of nitrogens with one attached hydrogen (secondary N) is 1.